The molecule has 1 saturated carbocycles. The lowest BCUT2D eigenvalue weighted by atomic mass is 9.90. The van der Waals surface area contributed by atoms with Crippen LogP contribution in [-0.4, -0.2) is 36.2 Å². The summed E-state index contributed by atoms with van der Waals surface area (Å²) in [7, 11) is 2.13. The molecule has 5 heteroatoms. The first kappa shape index (κ1) is 12.8. The van der Waals surface area contributed by atoms with Crippen LogP contribution in [0.1, 0.15) is 17.5 Å². The van der Waals surface area contributed by atoms with Crippen LogP contribution in [0.4, 0.5) is 10.5 Å². The van der Waals surface area contributed by atoms with Crippen molar-refractivity contribution in [1.82, 2.24) is 4.90 Å². The molecule has 0 aromatic heterocycles. The molecule has 1 aliphatic carbocycles. The Morgan fingerprint density at radius 2 is 2.32 bits per heavy atom. The maximum atomic E-state index is 10.8. The molecule has 19 heavy (non-hydrogen) atoms. The number of rotatable bonds is 2. The summed E-state index contributed by atoms with van der Waals surface area (Å²) in [5.41, 5.74) is 3.04. The van der Waals surface area contributed by atoms with Crippen LogP contribution in [0, 0.1) is 12.8 Å². The van der Waals surface area contributed by atoms with Crippen molar-refractivity contribution >= 4 is 23.4 Å². The number of fused-ring (bicyclic) bond motifs is 1. The number of likely N-dealkylation sites (tertiary alicyclic amines) is 1. The van der Waals surface area contributed by atoms with Crippen LogP contribution in [-0.2, 0) is 5.41 Å². The van der Waals surface area contributed by atoms with Crippen molar-refractivity contribution in [3.05, 3.63) is 28.3 Å². The fourth-order valence-electron chi connectivity index (χ4n) is 3.54. The van der Waals surface area contributed by atoms with Crippen LogP contribution >= 0.6 is 11.6 Å². The number of carbonyl (C=O) groups is 1. The van der Waals surface area contributed by atoms with Gasteiger partial charge >= 0.3 is 6.09 Å². The molecule has 1 amide bonds. The van der Waals surface area contributed by atoms with Crippen molar-refractivity contribution < 1.29 is 9.90 Å². The number of piperidine rings is 1. The van der Waals surface area contributed by atoms with E-state index in [2.05, 4.69) is 17.3 Å². The Hall–Kier alpha value is -1.26. The highest BCUT2D eigenvalue weighted by Crippen LogP contribution is 2.60. The van der Waals surface area contributed by atoms with Gasteiger partial charge in [-0.1, -0.05) is 11.6 Å². The van der Waals surface area contributed by atoms with Crippen molar-refractivity contribution in [2.24, 2.45) is 5.92 Å². The van der Waals surface area contributed by atoms with Crippen LogP contribution < -0.4 is 5.32 Å². The van der Waals surface area contributed by atoms with Gasteiger partial charge in [-0.15, -0.1) is 0 Å². The van der Waals surface area contributed by atoms with Gasteiger partial charge < -0.3 is 10.0 Å². The van der Waals surface area contributed by atoms with Gasteiger partial charge in [0.25, 0.3) is 0 Å². The minimum absolute atomic E-state index is 0.193. The summed E-state index contributed by atoms with van der Waals surface area (Å²) in [5.74, 6) is 0.687. The number of hydrogen-bond acceptors (Lipinski definition) is 2. The molecule has 2 aliphatic rings. The average molecular weight is 281 g/mol. The van der Waals surface area contributed by atoms with E-state index in [0.29, 0.717) is 16.6 Å². The zero-order valence-electron chi connectivity index (χ0n) is 11.0. The van der Waals surface area contributed by atoms with Gasteiger partial charge in [0.05, 0.1) is 0 Å². The number of anilines is 1. The second-order valence-corrected chi connectivity index (χ2v) is 6.22. The maximum absolute atomic E-state index is 10.8. The highest BCUT2D eigenvalue weighted by atomic mass is 35.5. The lowest BCUT2D eigenvalue weighted by Crippen LogP contribution is -2.23. The van der Waals surface area contributed by atoms with Crippen molar-refractivity contribution in [1.29, 1.82) is 0 Å². The van der Waals surface area contributed by atoms with Gasteiger partial charge in [-0.2, -0.15) is 0 Å². The number of halogens is 1. The molecule has 1 aromatic carbocycles. The summed E-state index contributed by atoms with van der Waals surface area (Å²) in [6, 6.07) is 3.63. The normalized spacial score (nSPS) is 29.1. The smallest absolute Gasteiger partial charge is 0.409 e. The first-order chi connectivity index (χ1) is 8.92. The molecule has 0 bridgehead atoms. The monoisotopic (exact) mass is 280 g/mol. The summed E-state index contributed by atoms with van der Waals surface area (Å²) in [6.07, 6.45) is 0.129. The van der Waals surface area contributed by atoms with E-state index in [4.69, 9.17) is 16.7 Å². The molecule has 3 rings (SSSR count). The van der Waals surface area contributed by atoms with Crippen LogP contribution in [0.2, 0.25) is 5.02 Å². The second kappa shape index (κ2) is 4.12. The Balaban J connectivity index is 2.01. The fourth-order valence-corrected chi connectivity index (χ4v) is 3.76. The minimum Gasteiger partial charge on any atom is -0.465 e. The van der Waals surface area contributed by atoms with Crippen LogP contribution in [0.5, 0.6) is 0 Å². The average Bonchev–Trinajstić information content (AvgIpc) is 2.86. The third-order valence-electron chi connectivity index (χ3n) is 4.45. The van der Waals surface area contributed by atoms with E-state index >= 15 is 0 Å². The number of amides is 1. The number of likely N-dealkylation sites (N-methyl/N-ethyl adjacent to an activating group) is 1. The van der Waals surface area contributed by atoms with Gasteiger partial charge in [0.15, 0.2) is 0 Å². The summed E-state index contributed by atoms with van der Waals surface area (Å²) in [6.45, 7) is 4.17. The second-order valence-electron chi connectivity index (χ2n) is 5.81. The molecule has 0 spiro atoms. The number of nitrogens with zero attached hydrogens (tertiary/aromatic N) is 1. The van der Waals surface area contributed by atoms with E-state index < -0.39 is 6.09 Å². The topological polar surface area (TPSA) is 52.6 Å². The molecule has 1 saturated heterocycles. The molecule has 1 heterocycles. The minimum atomic E-state index is -1.06. The third-order valence-corrected chi connectivity index (χ3v) is 4.84. The van der Waals surface area contributed by atoms with E-state index in [-0.39, 0.29) is 5.41 Å². The molecule has 0 radical (unpaired) electrons. The highest BCUT2D eigenvalue weighted by Gasteiger charge is 2.60. The van der Waals surface area contributed by atoms with Gasteiger partial charge in [0.2, 0.25) is 0 Å². The fraction of sp³-hybridized carbons (Fsp3) is 0.500. The van der Waals surface area contributed by atoms with E-state index in [1.165, 1.54) is 12.0 Å². The summed E-state index contributed by atoms with van der Waals surface area (Å²) >= 11 is 6.25. The highest BCUT2D eigenvalue weighted by molar-refractivity contribution is 6.31. The molecule has 2 fully saturated rings. The zero-order valence-corrected chi connectivity index (χ0v) is 11.8. The largest absolute Gasteiger partial charge is 0.465 e. The van der Waals surface area contributed by atoms with E-state index in [0.717, 1.165) is 18.7 Å². The predicted octanol–water partition coefficient (Wildman–Crippen LogP) is 2.94. The van der Waals surface area contributed by atoms with Gasteiger partial charge in [0.1, 0.15) is 0 Å². The van der Waals surface area contributed by atoms with Crippen molar-refractivity contribution in [2.75, 3.05) is 25.5 Å². The van der Waals surface area contributed by atoms with Gasteiger partial charge in [-0.3, -0.25) is 5.32 Å². The molecular formula is C14H17ClN2O2. The van der Waals surface area contributed by atoms with Crippen LogP contribution in [0.25, 0.3) is 0 Å². The molecule has 102 valence electrons. The predicted molar refractivity (Wildman–Crippen MR) is 75.1 cm³/mol. The Morgan fingerprint density at radius 3 is 2.89 bits per heavy atom. The van der Waals surface area contributed by atoms with Crippen LogP contribution in [0.15, 0.2) is 12.1 Å². The third kappa shape index (κ3) is 1.99. The first-order valence-corrected chi connectivity index (χ1v) is 6.79. The van der Waals surface area contributed by atoms with Gasteiger partial charge in [-0.05, 0) is 49.6 Å². The first-order valence-electron chi connectivity index (χ1n) is 6.41. The Bertz CT molecular complexity index is 561. The number of carboxylic acid groups (broad SMARTS) is 1. The molecule has 4 nitrogen and oxygen atoms in total. The quantitative estimate of drug-likeness (QED) is 0.876. The lowest BCUT2D eigenvalue weighted by molar-refractivity contribution is 0.209. The van der Waals surface area contributed by atoms with Crippen molar-refractivity contribution in [3.8, 4) is 0 Å². The summed E-state index contributed by atoms with van der Waals surface area (Å²) < 4.78 is 0. The van der Waals surface area contributed by atoms with E-state index in [1.54, 1.807) is 6.07 Å². The Labute approximate surface area is 117 Å². The van der Waals surface area contributed by atoms with Gasteiger partial charge in [-0.25, -0.2) is 4.79 Å². The molecule has 2 N–H and O–H groups in total. The van der Waals surface area contributed by atoms with Gasteiger partial charge in [0, 0.05) is 29.2 Å². The van der Waals surface area contributed by atoms with Crippen molar-refractivity contribution in [3.63, 3.8) is 0 Å². The Morgan fingerprint density at radius 1 is 1.58 bits per heavy atom. The molecule has 1 aliphatic heterocycles. The van der Waals surface area contributed by atoms with E-state index in [1.807, 2.05) is 13.0 Å². The standard InChI is InChI=1S/C14H17ClN2O2/c1-8-11(14-5-9(14)6-17(2)7-14)3-10(4-12(8)15)16-13(18)19/h3-4,9,16H,5-7H2,1-2H3,(H,18,19). The number of hydrogen-bond donors (Lipinski definition) is 2. The number of benzene rings is 1. The molecular weight excluding hydrogens is 264 g/mol. The number of nitrogens with one attached hydrogen (secondary N) is 1. The Kier molecular flexibility index (Phi) is 2.76. The zero-order chi connectivity index (χ0) is 13.8. The van der Waals surface area contributed by atoms with Crippen molar-refractivity contribution in [2.45, 2.75) is 18.8 Å². The molecule has 1 aromatic rings. The lowest BCUT2D eigenvalue weighted by Gasteiger charge is -2.20. The molecule has 2 atom stereocenters. The van der Waals surface area contributed by atoms with Crippen LogP contribution in [0.3, 0.4) is 0 Å². The maximum Gasteiger partial charge on any atom is 0.409 e. The van der Waals surface area contributed by atoms with E-state index in [9.17, 15) is 4.79 Å². The summed E-state index contributed by atoms with van der Waals surface area (Å²) in [4.78, 5) is 13.1. The SMILES string of the molecule is Cc1c(Cl)cc(NC(=O)O)cc1C12CC1CN(C)C2. The summed E-state index contributed by atoms with van der Waals surface area (Å²) in [5, 5.41) is 11.9. The molecule has 2 unspecified atom stereocenters.